The van der Waals surface area contributed by atoms with Gasteiger partial charge < -0.3 is 5.73 Å². The Morgan fingerprint density at radius 3 is 2.87 bits per heavy atom. The van der Waals surface area contributed by atoms with E-state index in [1.54, 1.807) is 25.3 Å². The molecule has 0 bridgehead atoms. The van der Waals surface area contributed by atoms with Gasteiger partial charge in [-0.15, -0.1) is 11.3 Å². The summed E-state index contributed by atoms with van der Waals surface area (Å²) in [6.45, 7) is 1.63. The SMILES string of the molecule is C[C@@H](Sc1nc2sc3c(c2c(=O)n1C)CCC3)C(=O)NC(N)=O. The molecule has 3 amide bonds. The van der Waals surface area contributed by atoms with Crippen molar-refractivity contribution in [2.75, 3.05) is 0 Å². The Morgan fingerprint density at radius 2 is 2.17 bits per heavy atom. The molecule has 2 heterocycles. The van der Waals surface area contributed by atoms with Gasteiger partial charge in [-0.2, -0.15) is 0 Å². The van der Waals surface area contributed by atoms with Crippen molar-refractivity contribution in [2.45, 2.75) is 36.6 Å². The van der Waals surface area contributed by atoms with Gasteiger partial charge in [0.25, 0.3) is 5.56 Å². The number of fused-ring (bicyclic) bond motifs is 3. The van der Waals surface area contributed by atoms with E-state index < -0.39 is 17.2 Å². The normalized spacial score (nSPS) is 14.7. The number of carbonyl (C=O) groups is 2. The van der Waals surface area contributed by atoms with Crippen LogP contribution in [0.5, 0.6) is 0 Å². The number of aromatic nitrogens is 2. The Bertz CT molecular complexity index is 871. The van der Waals surface area contributed by atoms with Crippen molar-refractivity contribution in [2.24, 2.45) is 12.8 Å². The fourth-order valence-electron chi connectivity index (χ4n) is 2.65. The number of hydrogen-bond donors (Lipinski definition) is 2. The Hall–Kier alpha value is -1.87. The van der Waals surface area contributed by atoms with Crippen LogP contribution in [0.3, 0.4) is 0 Å². The van der Waals surface area contributed by atoms with Crippen molar-refractivity contribution >= 4 is 45.3 Å². The standard InChI is InChI=1S/C14H16N4O3S2/c1-6(10(19)16-13(15)21)22-14-17-11-9(12(20)18(14)2)7-4-3-5-8(7)23-11/h6H,3-5H2,1-2H3,(H3,15,16,19,21)/t6-/m1/s1. The van der Waals surface area contributed by atoms with Crippen LogP contribution in [0, 0.1) is 0 Å². The Labute approximate surface area is 140 Å². The number of hydrogen-bond acceptors (Lipinski definition) is 6. The number of primary amides is 1. The van der Waals surface area contributed by atoms with Gasteiger partial charge in [-0.1, -0.05) is 11.8 Å². The smallest absolute Gasteiger partial charge is 0.318 e. The topological polar surface area (TPSA) is 107 Å². The van der Waals surface area contributed by atoms with E-state index in [1.165, 1.54) is 9.44 Å². The van der Waals surface area contributed by atoms with Crippen molar-refractivity contribution in [1.82, 2.24) is 14.9 Å². The molecule has 3 rings (SSSR count). The van der Waals surface area contributed by atoms with Crippen molar-refractivity contribution in [3.05, 3.63) is 20.8 Å². The number of urea groups is 1. The van der Waals surface area contributed by atoms with Gasteiger partial charge in [0.1, 0.15) is 4.83 Å². The monoisotopic (exact) mass is 352 g/mol. The molecular formula is C14H16N4O3S2. The first kappa shape index (κ1) is 16.0. The fourth-order valence-corrected chi connectivity index (χ4v) is 4.82. The van der Waals surface area contributed by atoms with Crippen LogP contribution in [0.25, 0.3) is 10.2 Å². The second-order valence-corrected chi connectivity index (χ2v) is 7.80. The maximum atomic E-state index is 12.6. The molecule has 0 spiro atoms. The molecule has 3 N–H and O–H groups in total. The molecule has 1 aliphatic carbocycles. The molecule has 0 saturated heterocycles. The highest BCUT2D eigenvalue weighted by atomic mass is 32.2. The van der Waals surface area contributed by atoms with Gasteiger partial charge in [0.15, 0.2) is 5.16 Å². The maximum Gasteiger partial charge on any atom is 0.318 e. The molecule has 7 nitrogen and oxygen atoms in total. The zero-order valence-electron chi connectivity index (χ0n) is 12.7. The van der Waals surface area contributed by atoms with Gasteiger partial charge in [0.05, 0.1) is 10.6 Å². The summed E-state index contributed by atoms with van der Waals surface area (Å²) in [6.07, 6.45) is 3.01. The van der Waals surface area contributed by atoms with Crippen molar-refractivity contribution in [1.29, 1.82) is 0 Å². The Kier molecular flexibility index (Phi) is 4.15. The minimum absolute atomic E-state index is 0.0839. The number of nitrogens with one attached hydrogen (secondary N) is 1. The van der Waals surface area contributed by atoms with Crippen LogP contribution in [0.15, 0.2) is 9.95 Å². The number of thioether (sulfide) groups is 1. The molecule has 0 aliphatic heterocycles. The summed E-state index contributed by atoms with van der Waals surface area (Å²) >= 11 is 2.69. The van der Waals surface area contributed by atoms with Crippen LogP contribution in [-0.2, 0) is 24.7 Å². The van der Waals surface area contributed by atoms with Gasteiger partial charge in [-0.05, 0) is 31.7 Å². The highest BCUT2D eigenvalue weighted by Crippen LogP contribution is 2.35. The molecule has 0 saturated carbocycles. The summed E-state index contributed by atoms with van der Waals surface area (Å²) < 4.78 is 1.46. The van der Waals surface area contributed by atoms with Crippen molar-refractivity contribution in [3.63, 3.8) is 0 Å². The molecular weight excluding hydrogens is 336 g/mol. The third-order valence-corrected chi connectivity index (χ3v) is 6.13. The third kappa shape index (κ3) is 2.86. The van der Waals surface area contributed by atoms with Crippen LogP contribution < -0.4 is 16.6 Å². The van der Waals surface area contributed by atoms with Gasteiger partial charge >= 0.3 is 6.03 Å². The molecule has 0 fully saturated rings. The number of carbonyl (C=O) groups excluding carboxylic acids is 2. The van der Waals surface area contributed by atoms with Crippen LogP contribution in [0.4, 0.5) is 4.79 Å². The number of nitrogens with two attached hydrogens (primary N) is 1. The van der Waals surface area contributed by atoms with E-state index >= 15 is 0 Å². The zero-order valence-corrected chi connectivity index (χ0v) is 14.3. The van der Waals surface area contributed by atoms with E-state index in [9.17, 15) is 14.4 Å². The van der Waals surface area contributed by atoms with E-state index in [0.717, 1.165) is 41.4 Å². The molecule has 9 heteroatoms. The van der Waals surface area contributed by atoms with Crippen LogP contribution >= 0.6 is 23.1 Å². The fraction of sp³-hybridized carbons (Fsp3) is 0.429. The highest BCUT2D eigenvalue weighted by molar-refractivity contribution is 8.00. The Balaban J connectivity index is 1.96. The van der Waals surface area contributed by atoms with Crippen LogP contribution in [0.1, 0.15) is 23.8 Å². The minimum atomic E-state index is -0.894. The molecule has 0 aromatic carbocycles. The quantitative estimate of drug-likeness (QED) is 0.637. The van der Waals surface area contributed by atoms with Crippen molar-refractivity contribution < 1.29 is 9.59 Å². The van der Waals surface area contributed by atoms with Gasteiger partial charge in [0, 0.05) is 11.9 Å². The lowest BCUT2D eigenvalue weighted by molar-refractivity contribution is -0.119. The predicted molar refractivity (Wildman–Crippen MR) is 89.9 cm³/mol. The summed E-state index contributed by atoms with van der Waals surface area (Å²) in [7, 11) is 1.65. The number of nitrogens with zero attached hydrogens (tertiary/aromatic N) is 2. The van der Waals surface area contributed by atoms with Gasteiger partial charge in [-0.25, -0.2) is 9.78 Å². The zero-order chi connectivity index (χ0) is 16.7. The predicted octanol–water partition coefficient (Wildman–Crippen LogP) is 1.16. The number of thiophene rings is 1. The molecule has 2 aromatic heterocycles. The van der Waals surface area contributed by atoms with E-state index in [2.05, 4.69) is 4.98 Å². The van der Waals surface area contributed by atoms with E-state index in [1.807, 2.05) is 5.32 Å². The number of amides is 3. The molecule has 0 radical (unpaired) electrons. The first-order valence-electron chi connectivity index (χ1n) is 7.16. The lowest BCUT2D eigenvalue weighted by atomic mass is 10.2. The summed E-state index contributed by atoms with van der Waals surface area (Å²) in [5.41, 5.74) is 5.99. The molecule has 1 aliphatic rings. The summed E-state index contributed by atoms with van der Waals surface area (Å²) in [6, 6.07) is -0.894. The highest BCUT2D eigenvalue weighted by Gasteiger charge is 2.24. The van der Waals surface area contributed by atoms with Crippen LogP contribution in [0.2, 0.25) is 0 Å². The van der Waals surface area contributed by atoms with E-state index in [-0.39, 0.29) is 5.56 Å². The lowest BCUT2D eigenvalue weighted by Crippen LogP contribution is -2.39. The summed E-state index contributed by atoms with van der Waals surface area (Å²) in [4.78, 5) is 41.7. The molecule has 1 atom stereocenters. The summed E-state index contributed by atoms with van der Waals surface area (Å²) in [5, 5.41) is 2.60. The molecule has 23 heavy (non-hydrogen) atoms. The number of rotatable bonds is 3. The third-order valence-electron chi connectivity index (χ3n) is 3.80. The Morgan fingerprint density at radius 1 is 1.43 bits per heavy atom. The largest absolute Gasteiger partial charge is 0.351 e. The number of imide groups is 1. The maximum absolute atomic E-state index is 12.6. The second kappa shape index (κ2) is 5.97. The summed E-state index contributed by atoms with van der Waals surface area (Å²) in [5.74, 6) is -0.509. The van der Waals surface area contributed by atoms with Gasteiger partial charge in [0.2, 0.25) is 5.91 Å². The number of aryl methyl sites for hydroxylation is 2. The molecule has 0 unspecified atom stereocenters. The molecule has 122 valence electrons. The first-order valence-corrected chi connectivity index (χ1v) is 8.86. The lowest BCUT2D eigenvalue weighted by Gasteiger charge is -2.12. The first-order chi connectivity index (χ1) is 10.9. The van der Waals surface area contributed by atoms with Gasteiger partial charge in [-0.3, -0.25) is 19.5 Å². The average Bonchev–Trinajstić information content (AvgIpc) is 3.03. The minimum Gasteiger partial charge on any atom is -0.351 e. The van der Waals surface area contributed by atoms with E-state index in [4.69, 9.17) is 5.73 Å². The van der Waals surface area contributed by atoms with E-state index in [0.29, 0.717) is 10.5 Å². The average molecular weight is 352 g/mol. The molecule has 2 aromatic rings. The second-order valence-electron chi connectivity index (χ2n) is 5.41. The van der Waals surface area contributed by atoms with Crippen molar-refractivity contribution in [3.8, 4) is 0 Å². The van der Waals surface area contributed by atoms with Crippen LogP contribution in [-0.4, -0.2) is 26.7 Å².